The van der Waals surface area contributed by atoms with Crippen LogP contribution in [0.25, 0.3) is 0 Å². The van der Waals surface area contributed by atoms with Crippen molar-refractivity contribution in [2.45, 2.75) is 51.7 Å². The first kappa shape index (κ1) is 12.1. The third-order valence-electron chi connectivity index (χ3n) is 4.55. The van der Waals surface area contributed by atoms with Gasteiger partial charge in [0, 0.05) is 11.8 Å². The lowest BCUT2D eigenvalue weighted by Crippen LogP contribution is -2.40. The fourth-order valence-electron chi connectivity index (χ4n) is 3.95. The highest BCUT2D eigenvalue weighted by molar-refractivity contribution is 5.74. The maximum Gasteiger partial charge on any atom is 0.309 e. The van der Waals surface area contributed by atoms with Gasteiger partial charge in [0.05, 0.1) is 12.2 Å². The molecule has 3 heteroatoms. The molecule has 1 heterocycles. The van der Waals surface area contributed by atoms with Crippen molar-refractivity contribution in [1.29, 1.82) is 0 Å². The van der Waals surface area contributed by atoms with E-state index in [2.05, 4.69) is 6.08 Å². The molecule has 3 aliphatic rings. The number of rotatable bonds is 1. The van der Waals surface area contributed by atoms with E-state index in [4.69, 9.17) is 9.47 Å². The molecular formula is C15H22O3. The van der Waals surface area contributed by atoms with Gasteiger partial charge in [0.15, 0.2) is 0 Å². The second-order valence-corrected chi connectivity index (χ2v) is 6.91. The van der Waals surface area contributed by atoms with E-state index in [1.54, 1.807) is 0 Å². The molecule has 0 spiro atoms. The molecule has 5 unspecified atom stereocenters. The van der Waals surface area contributed by atoms with Gasteiger partial charge in [0.1, 0.15) is 11.7 Å². The number of carbonyl (C=O) groups is 1. The lowest BCUT2D eigenvalue weighted by Gasteiger charge is -2.36. The smallest absolute Gasteiger partial charge is 0.309 e. The van der Waals surface area contributed by atoms with Gasteiger partial charge in [0.25, 0.3) is 0 Å². The Kier molecular flexibility index (Phi) is 2.68. The molecule has 0 aromatic carbocycles. The number of esters is 1. The van der Waals surface area contributed by atoms with E-state index in [1.807, 2.05) is 27.0 Å². The second-order valence-electron chi connectivity index (χ2n) is 6.91. The highest BCUT2D eigenvalue weighted by atomic mass is 16.6. The fourth-order valence-corrected chi connectivity index (χ4v) is 3.95. The molecule has 100 valence electrons. The van der Waals surface area contributed by atoms with Crippen molar-refractivity contribution in [3.63, 3.8) is 0 Å². The monoisotopic (exact) mass is 250 g/mol. The van der Waals surface area contributed by atoms with Crippen LogP contribution in [0.15, 0.2) is 12.3 Å². The number of fused-ring (bicyclic) bond motifs is 5. The van der Waals surface area contributed by atoms with Crippen molar-refractivity contribution in [2.75, 3.05) is 0 Å². The zero-order valence-electron chi connectivity index (χ0n) is 11.4. The molecule has 0 saturated heterocycles. The lowest BCUT2D eigenvalue weighted by molar-refractivity contribution is -0.164. The van der Waals surface area contributed by atoms with E-state index < -0.39 is 0 Å². The van der Waals surface area contributed by atoms with Gasteiger partial charge in [-0.3, -0.25) is 4.79 Å². The molecule has 2 fully saturated rings. The molecule has 0 amide bonds. The fraction of sp³-hybridized carbons (Fsp3) is 0.800. The molecule has 2 saturated carbocycles. The molecule has 0 radical (unpaired) electrons. The minimum absolute atomic E-state index is 0.0217. The van der Waals surface area contributed by atoms with Gasteiger partial charge < -0.3 is 9.47 Å². The van der Waals surface area contributed by atoms with Gasteiger partial charge in [-0.05, 0) is 52.0 Å². The van der Waals surface area contributed by atoms with E-state index in [0.717, 1.165) is 19.3 Å². The summed E-state index contributed by atoms with van der Waals surface area (Å²) >= 11 is 0. The van der Waals surface area contributed by atoms with Crippen molar-refractivity contribution < 1.29 is 14.3 Å². The van der Waals surface area contributed by atoms with Crippen molar-refractivity contribution in [3.05, 3.63) is 12.3 Å². The number of hydrogen-bond donors (Lipinski definition) is 0. The summed E-state index contributed by atoms with van der Waals surface area (Å²) in [4.78, 5) is 12.2. The van der Waals surface area contributed by atoms with E-state index >= 15 is 0 Å². The Hall–Kier alpha value is -0.990. The van der Waals surface area contributed by atoms with Crippen LogP contribution in [0, 0.1) is 23.7 Å². The topological polar surface area (TPSA) is 35.5 Å². The number of hydrogen-bond acceptors (Lipinski definition) is 3. The van der Waals surface area contributed by atoms with E-state index in [-0.39, 0.29) is 23.6 Å². The Morgan fingerprint density at radius 1 is 1.28 bits per heavy atom. The van der Waals surface area contributed by atoms with Crippen LogP contribution in [0.5, 0.6) is 0 Å². The van der Waals surface area contributed by atoms with Gasteiger partial charge >= 0.3 is 5.97 Å². The largest absolute Gasteiger partial charge is 0.498 e. The minimum atomic E-state index is -0.383. The molecule has 1 aliphatic heterocycles. The molecule has 5 atom stereocenters. The summed E-state index contributed by atoms with van der Waals surface area (Å²) in [5.74, 6) is 1.70. The van der Waals surface area contributed by atoms with Gasteiger partial charge in [0.2, 0.25) is 0 Å². The summed E-state index contributed by atoms with van der Waals surface area (Å²) in [6, 6.07) is 0. The van der Waals surface area contributed by atoms with Crippen LogP contribution >= 0.6 is 0 Å². The molecule has 2 bridgehead atoms. The van der Waals surface area contributed by atoms with Crippen LogP contribution in [0.1, 0.15) is 40.0 Å². The van der Waals surface area contributed by atoms with Crippen molar-refractivity contribution in [3.8, 4) is 0 Å². The van der Waals surface area contributed by atoms with Gasteiger partial charge in [-0.15, -0.1) is 0 Å². The summed E-state index contributed by atoms with van der Waals surface area (Å²) in [5.41, 5.74) is -0.383. The standard InChI is InChI=1S/C15H22O3/c1-15(2,3)18-14(16)12-8-9-7-11(12)13-10(9)5-4-6-17-13/h4,6,9-13H,5,7-8H2,1-3H3. The molecular weight excluding hydrogens is 228 g/mol. The maximum absolute atomic E-state index is 12.2. The average molecular weight is 250 g/mol. The molecule has 18 heavy (non-hydrogen) atoms. The van der Waals surface area contributed by atoms with Gasteiger partial charge in [-0.2, -0.15) is 0 Å². The minimum Gasteiger partial charge on any atom is -0.498 e. The first-order chi connectivity index (χ1) is 8.46. The highest BCUT2D eigenvalue weighted by Crippen LogP contribution is 2.55. The zero-order valence-corrected chi connectivity index (χ0v) is 11.4. The van der Waals surface area contributed by atoms with Crippen molar-refractivity contribution in [2.24, 2.45) is 23.7 Å². The Bertz CT molecular complexity index is 380. The zero-order chi connectivity index (χ0) is 12.9. The Morgan fingerprint density at radius 2 is 2.06 bits per heavy atom. The second kappa shape index (κ2) is 4.01. The predicted molar refractivity (Wildman–Crippen MR) is 67.7 cm³/mol. The third-order valence-corrected chi connectivity index (χ3v) is 4.55. The van der Waals surface area contributed by atoms with Crippen molar-refractivity contribution >= 4 is 5.97 Å². The van der Waals surface area contributed by atoms with E-state index in [1.165, 1.54) is 0 Å². The van der Waals surface area contributed by atoms with Crippen molar-refractivity contribution in [1.82, 2.24) is 0 Å². The third kappa shape index (κ3) is 1.94. The molecule has 0 aromatic rings. The summed E-state index contributed by atoms with van der Waals surface area (Å²) in [5, 5.41) is 0. The predicted octanol–water partition coefficient (Wildman–Crippen LogP) is 2.90. The van der Waals surface area contributed by atoms with Crippen LogP contribution in [-0.4, -0.2) is 17.7 Å². The Morgan fingerprint density at radius 3 is 2.78 bits per heavy atom. The van der Waals surface area contributed by atoms with Crippen LogP contribution in [0.3, 0.4) is 0 Å². The quantitative estimate of drug-likeness (QED) is 0.671. The summed E-state index contributed by atoms with van der Waals surface area (Å²) < 4.78 is 11.3. The van der Waals surface area contributed by atoms with E-state index in [9.17, 15) is 4.79 Å². The first-order valence-electron chi connectivity index (χ1n) is 6.99. The normalized spacial score (nSPS) is 41.4. The SMILES string of the molecule is CC(C)(C)OC(=O)C1CC2CC1C1OC=CCC21. The molecule has 0 N–H and O–H groups in total. The van der Waals surface area contributed by atoms with Gasteiger partial charge in [-0.25, -0.2) is 0 Å². The summed E-state index contributed by atoms with van der Waals surface area (Å²) in [6.07, 6.45) is 7.44. The Labute approximate surface area is 109 Å². The van der Waals surface area contributed by atoms with Crippen LogP contribution in [-0.2, 0) is 14.3 Å². The van der Waals surface area contributed by atoms with Crippen LogP contribution in [0.4, 0.5) is 0 Å². The van der Waals surface area contributed by atoms with Crippen LogP contribution in [0.2, 0.25) is 0 Å². The first-order valence-corrected chi connectivity index (χ1v) is 6.99. The van der Waals surface area contributed by atoms with Gasteiger partial charge in [-0.1, -0.05) is 0 Å². The highest BCUT2D eigenvalue weighted by Gasteiger charge is 2.56. The van der Waals surface area contributed by atoms with E-state index in [0.29, 0.717) is 17.8 Å². The number of ether oxygens (including phenoxy) is 2. The maximum atomic E-state index is 12.2. The number of allylic oxidation sites excluding steroid dienone is 1. The molecule has 0 aromatic heterocycles. The average Bonchev–Trinajstić information content (AvgIpc) is 2.85. The summed E-state index contributed by atoms with van der Waals surface area (Å²) in [7, 11) is 0. The number of carbonyl (C=O) groups excluding carboxylic acids is 1. The molecule has 2 aliphatic carbocycles. The Balaban J connectivity index is 1.71. The summed E-state index contributed by atoms with van der Waals surface area (Å²) in [6.45, 7) is 5.79. The molecule has 3 rings (SSSR count). The van der Waals surface area contributed by atoms with Crippen LogP contribution < -0.4 is 0 Å². The lowest BCUT2D eigenvalue weighted by atomic mass is 9.77. The molecule has 3 nitrogen and oxygen atoms in total.